The van der Waals surface area contributed by atoms with E-state index in [-0.39, 0.29) is 16.5 Å². The summed E-state index contributed by atoms with van der Waals surface area (Å²) in [6.07, 6.45) is 0.830. The molecule has 0 radical (unpaired) electrons. The number of hydrogen-bond donors (Lipinski definition) is 1. The first kappa shape index (κ1) is 16.1. The van der Waals surface area contributed by atoms with Gasteiger partial charge in [-0.05, 0) is 53.0 Å². The number of halogens is 1. The third kappa shape index (κ3) is 3.12. The maximum absolute atomic E-state index is 12.5. The number of sulfonamides is 1. The second-order valence-electron chi connectivity index (χ2n) is 4.49. The lowest BCUT2D eigenvalue weighted by Gasteiger charge is -2.23. The van der Waals surface area contributed by atoms with Gasteiger partial charge < -0.3 is 5.11 Å². The molecule has 1 aliphatic heterocycles. The number of nitrogens with zero attached hydrogens (tertiary/aromatic N) is 1. The van der Waals surface area contributed by atoms with Crippen molar-refractivity contribution in [1.29, 1.82) is 0 Å². The van der Waals surface area contributed by atoms with Crippen LogP contribution in [0.3, 0.4) is 0 Å². The molecule has 1 N–H and O–H groups in total. The van der Waals surface area contributed by atoms with Crippen molar-refractivity contribution in [3.63, 3.8) is 0 Å². The van der Waals surface area contributed by atoms with Crippen molar-refractivity contribution in [2.24, 2.45) is 0 Å². The predicted octanol–water partition coefficient (Wildman–Crippen LogP) is 2.12. The van der Waals surface area contributed by atoms with Crippen molar-refractivity contribution in [1.82, 2.24) is 4.31 Å². The number of hydrogen-bond acceptors (Lipinski definition) is 4. The largest absolute Gasteiger partial charge is 0.478 e. The van der Waals surface area contributed by atoms with Crippen molar-refractivity contribution in [3.05, 3.63) is 27.3 Å². The summed E-state index contributed by atoms with van der Waals surface area (Å²) in [4.78, 5) is 11.1. The minimum absolute atomic E-state index is 0.0147. The summed E-state index contributed by atoms with van der Waals surface area (Å²) in [6, 6.07) is 4.20. The normalized spacial score (nSPS) is 19.4. The van der Waals surface area contributed by atoms with Crippen LogP contribution in [-0.2, 0) is 10.0 Å². The Morgan fingerprint density at radius 3 is 2.75 bits per heavy atom. The Hall–Kier alpha value is -0.320. The summed E-state index contributed by atoms with van der Waals surface area (Å²) in [5.74, 6) is 0.620. The molecule has 8 heteroatoms. The molecule has 1 aromatic rings. The molecule has 1 unspecified atom stereocenters. The second kappa shape index (κ2) is 6.20. The Labute approximate surface area is 135 Å². The number of aromatic carboxylic acids is 1. The third-order valence-corrected chi connectivity index (χ3v) is 7.26. The molecular weight excluding hydrogens is 413 g/mol. The molecule has 0 bridgehead atoms. The third-order valence-electron chi connectivity index (χ3n) is 3.27. The monoisotopic (exact) mass is 427 g/mol. The van der Waals surface area contributed by atoms with Crippen LogP contribution in [0, 0.1) is 3.57 Å². The zero-order valence-corrected chi connectivity index (χ0v) is 14.5. The zero-order chi connectivity index (χ0) is 14.9. The first-order valence-corrected chi connectivity index (χ1v) is 9.60. The van der Waals surface area contributed by atoms with E-state index in [1.54, 1.807) is 18.8 Å². The molecule has 1 fully saturated rings. The van der Waals surface area contributed by atoms with Crippen LogP contribution in [0.1, 0.15) is 16.8 Å². The van der Waals surface area contributed by atoms with E-state index >= 15 is 0 Å². The molecule has 1 aliphatic rings. The number of rotatable bonds is 4. The minimum Gasteiger partial charge on any atom is -0.478 e. The van der Waals surface area contributed by atoms with Crippen molar-refractivity contribution in [3.8, 4) is 0 Å². The van der Waals surface area contributed by atoms with Gasteiger partial charge in [0.15, 0.2) is 0 Å². The molecule has 0 aromatic heterocycles. The second-order valence-corrected chi connectivity index (χ2v) is 8.79. The molecule has 1 heterocycles. The summed E-state index contributed by atoms with van der Waals surface area (Å²) in [5.41, 5.74) is 0.0147. The number of carboxylic acid groups (broad SMARTS) is 1. The first-order valence-electron chi connectivity index (χ1n) is 5.92. The summed E-state index contributed by atoms with van der Waals surface area (Å²) in [5, 5.41) is 9.09. The van der Waals surface area contributed by atoms with Crippen LogP contribution in [0.15, 0.2) is 23.1 Å². The molecule has 2 rings (SSSR count). The van der Waals surface area contributed by atoms with E-state index in [2.05, 4.69) is 0 Å². The molecular formula is C12H14INO4S2. The van der Waals surface area contributed by atoms with E-state index in [9.17, 15) is 13.2 Å². The van der Waals surface area contributed by atoms with Crippen molar-refractivity contribution in [2.45, 2.75) is 17.4 Å². The molecule has 20 heavy (non-hydrogen) atoms. The standard InChI is InChI=1S/C12H14INO4S2/c1-14(8-4-5-19-7-8)20(17,18)9-2-3-11(13)10(6-9)12(15)16/h2-3,6,8H,4-5,7H2,1H3,(H,15,16). The van der Waals surface area contributed by atoms with E-state index in [4.69, 9.17) is 5.11 Å². The summed E-state index contributed by atoms with van der Waals surface area (Å²) in [7, 11) is -2.08. The minimum atomic E-state index is -3.64. The SMILES string of the molecule is CN(C1CCSC1)S(=O)(=O)c1ccc(I)c(C(=O)O)c1. The quantitative estimate of drug-likeness (QED) is 0.746. The smallest absolute Gasteiger partial charge is 0.336 e. The Kier molecular flexibility index (Phi) is 4.98. The van der Waals surface area contributed by atoms with E-state index in [0.717, 1.165) is 17.9 Å². The fraction of sp³-hybridized carbons (Fsp3) is 0.417. The maximum Gasteiger partial charge on any atom is 0.336 e. The van der Waals surface area contributed by atoms with E-state index in [0.29, 0.717) is 3.57 Å². The van der Waals surface area contributed by atoms with E-state index < -0.39 is 16.0 Å². The topological polar surface area (TPSA) is 74.7 Å². The van der Waals surface area contributed by atoms with Crippen molar-refractivity contribution < 1.29 is 18.3 Å². The number of thioether (sulfide) groups is 1. The molecule has 0 aliphatic carbocycles. The average Bonchev–Trinajstić information content (AvgIpc) is 2.91. The molecule has 5 nitrogen and oxygen atoms in total. The highest BCUT2D eigenvalue weighted by molar-refractivity contribution is 14.1. The molecule has 1 atom stereocenters. The van der Waals surface area contributed by atoms with E-state index in [1.807, 2.05) is 22.6 Å². The first-order chi connectivity index (χ1) is 9.34. The van der Waals surface area contributed by atoms with Crippen LogP contribution in [-0.4, -0.2) is 48.4 Å². The van der Waals surface area contributed by atoms with Crippen LogP contribution < -0.4 is 0 Å². The molecule has 0 spiro atoms. The fourth-order valence-electron chi connectivity index (χ4n) is 2.00. The summed E-state index contributed by atoms with van der Waals surface area (Å²) < 4.78 is 26.9. The zero-order valence-electron chi connectivity index (χ0n) is 10.7. The highest BCUT2D eigenvalue weighted by atomic mass is 127. The van der Waals surface area contributed by atoms with Gasteiger partial charge >= 0.3 is 5.97 Å². The Morgan fingerprint density at radius 2 is 2.20 bits per heavy atom. The lowest BCUT2D eigenvalue weighted by molar-refractivity contribution is 0.0695. The maximum atomic E-state index is 12.5. The van der Waals surface area contributed by atoms with Gasteiger partial charge in [0.2, 0.25) is 10.0 Å². The fourth-order valence-corrected chi connectivity index (χ4v) is 5.34. The van der Waals surface area contributed by atoms with Gasteiger partial charge in [-0.15, -0.1) is 0 Å². The van der Waals surface area contributed by atoms with Gasteiger partial charge in [0, 0.05) is 22.4 Å². The molecule has 0 saturated carbocycles. The lowest BCUT2D eigenvalue weighted by atomic mass is 10.2. The van der Waals surface area contributed by atoms with Gasteiger partial charge in [-0.1, -0.05) is 0 Å². The molecule has 1 saturated heterocycles. The molecule has 110 valence electrons. The summed E-state index contributed by atoms with van der Waals surface area (Å²) >= 11 is 3.61. The van der Waals surface area contributed by atoms with Gasteiger partial charge in [-0.25, -0.2) is 13.2 Å². The van der Waals surface area contributed by atoms with Gasteiger partial charge in [0.05, 0.1) is 10.5 Å². The van der Waals surface area contributed by atoms with Crippen LogP contribution in [0.25, 0.3) is 0 Å². The van der Waals surface area contributed by atoms with Crippen LogP contribution >= 0.6 is 34.4 Å². The Balaban J connectivity index is 2.38. The number of benzene rings is 1. The molecule has 0 amide bonds. The highest BCUT2D eigenvalue weighted by Gasteiger charge is 2.31. The van der Waals surface area contributed by atoms with Gasteiger partial charge in [-0.3, -0.25) is 0 Å². The van der Waals surface area contributed by atoms with Gasteiger partial charge in [0.1, 0.15) is 0 Å². The number of carboxylic acids is 1. The Morgan fingerprint density at radius 1 is 1.50 bits per heavy atom. The predicted molar refractivity (Wildman–Crippen MR) is 86.8 cm³/mol. The van der Waals surface area contributed by atoms with Crippen LogP contribution in [0.2, 0.25) is 0 Å². The average molecular weight is 427 g/mol. The highest BCUT2D eigenvalue weighted by Crippen LogP contribution is 2.27. The van der Waals surface area contributed by atoms with Gasteiger partial charge in [0.25, 0.3) is 0 Å². The van der Waals surface area contributed by atoms with E-state index in [1.165, 1.54) is 22.5 Å². The molecule has 1 aromatic carbocycles. The Bertz CT molecular complexity index is 626. The van der Waals surface area contributed by atoms with Crippen LogP contribution in [0.5, 0.6) is 0 Å². The lowest BCUT2D eigenvalue weighted by Crippen LogP contribution is -2.37. The van der Waals surface area contributed by atoms with Crippen LogP contribution in [0.4, 0.5) is 0 Å². The van der Waals surface area contributed by atoms with Crippen molar-refractivity contribution >= 4 is 50.3 Å². The summed E-state index contributed by atoms with van der Waals surface area (Å²) in [6.45, 7) is 0. The van der Waals surface area contributed by atoms with Crippen molar-refractivity contribution in [2.75, 3.05) is 18.6 Å². The number of carbonyl (C=O) groups is 1. The van der Waals surface area contributed by atoms with Gasteiger partial charge in [-0.2, -0.15) is 16.1 Å².